The topological polar surface area (TPSA) is 41.6 Å². The Morgan fingerprint density at radius 1 is 1.20 bits per heavy atom. The van der Waals surface area contributed by atoms with Gasteiger partial charge in [-0.25, -0.2) is 0 Å². The van der Waals surface area contributed by atoms with Crippen LogP contribution in [0.2, 0.25) is 0 Å². The van der Waals surface area contributed by atoms with E-state index in [1.54, 1.807) is 0 Å². The third kappa shape index (κ3) is 1.88. The van der Waals surface area contributed by atoms with E-state index in [-0.39, 0.29) is 11.0 Å². The second-order valence-corrected chi connectivity index (χ2v) is 7.44. The third-order valence-corrected chi connectivity index (χ3v) is 5.83. The van der Waals surface area contributed by atoms with Crippen LogP contribution in [0.4, 0.5) is 5.69 Å². The van der Waals surface area contributed by atoms with Crippen molar-refractivity contribution in [2.24, 2.45) is 16.1 Å². The molecule has 20 heavy (non-hydrogen) atoms. The third-order valence-electron chi connectivity index (χ3n) is 5.16. The minimum atomic E-state index is 0.0270. The number of anilines is 1. The van der Waals surface area contributed by atoms with Gasteiger partial charge in [-0.3, -0.25) is 4.99 Å². The maximum Gasteiger partial charge on any atom is 0.196 e. The van der Waals surface area contributed by atoms with Gasteiger partial charge in [0, 0.05) is 4.47 Å². The fraction of sp³-hybridized carbons (Fsp3) is 0.562. The summed E-state index contributed by atoms with van der Waals surface area (Å²) in [5.41, 5.74) is 7.64. The summed E-state index contributed by atoms with van der Waals surface area (Å²) in [5.74, 6) is 0.659. The summed E-state index contributed by atoms with van der Waals surface area (Å²) in [6, 6.07) is 8.31. The highest BCUT2D eigenvalue weighted by Gasteiger charge is 2.54. The first-order chi connectivity index (χ1) is 9.48. The van der Waals surface area contributed by atoms with Gasteiger partial charge in [-0.15, -0.1) is 0 Å². The zero-order valence-corrected chi connectivity index (χ0v) is 13.8. The molecule has 3 nitrogen and oxygen atoms in total. The Kier molecular flexibility index (Phi) is 3.32. The van der Waals surface area contributed by atoms with Crippen molar-refractivity contribution in [3.05, 3.63) is 28.7 Å². The lowest BCUT2D eigenvalue weighted by atomic mass is 9.62. The molecule has 0 bridgehead atoms. The molecular formula is C16H22BrN3. The summed E-state index contributed by atoms with van der Waals surface area (Å²) >= 11 is 3.67. The molecule has 0 saturated heterocycles. The Morgan fingerprint density at radius 2 is 1.90 bits per heavy atom. The molecule has 2 aliphatic rings. The highest BCUT2D eigenvalue weighted by atomic mass is 79.9. The van der Waals surface area contributed by atoms with E-state index in [2.05, 4.69) is 57.9 Å². The second-order valence-electron chi connectivity index (χ2n) is 6.58. The van der Waals surface area contributed by atoms with Crippen LogP contribution in [0.15, 0.2) is 33.7 Å². The minimum Gasteiger partial charge on any atom is -0.369 e. The number of nitrogens with zero attached hydrogens (tertiary/aromatic N) is 2. The molecule has 1 aliphatic carbocycles. The van der Waals surface area contributed by atoms with Crippen LogP contribution in [0.25, 0.3) is 0 Å². The Bertz CT molecular complexity index is 552. The molecule has 1 aliphatic heterocycles. The van der Waals surface area contributed by atoms with Crippen LogP contribution in [0.1, 0.15) is 39.5 Å². The number of hydrogen-bond acceptors (Lipinski definition) is 3. The van der Waals surface area contributed by atoms with Gasteiger partial charge in [0.25, 0.3) is 0 Å². The van der Waals surface area contributed by atoms with E-state index in [4.69, 9.17) is 5.73 Å². The first kappa shape index (κ1) is 13.9. The molecule has 1 spiro atoms. The van der Waals surface area contributed by atoms with Crippen LogP contribution in [-0.4, -0.2) is 18.0 Å². The van der Waals surface area contributed by atoms with Crippen LogP contribution in [-0.2, 0) is 0 Å². The van der Waals surface area contributed by atoms with E-state index in [1.807, 2.05) is 6.07 Å². The van der Waals surface area contributed by atoms with Gasteiger partial charge < -0.3 is 10.6 Å². The van der Waals surface area contributed by atoms with E-state index < -0.39 is 0 Å². The molecule has 1 aromatic carbocycles. The molecule has 4 heteroatoms. The Balaban J connectivity index is 2.11. The molecule has 1 fully saturated rings. The number of aliphatic imine (C=N–C) groups is 1. The van der Waals surface area contributed by atoms with Crippen molar-refractivity contribution >= 4 is 27.6 Å². The van der Waals surface area contributed by atoms with Crippen molar-refractivity contribution in [3.63, 3.8) is 0 Å². The predicted molar refractivity (Wildman–Crippen MR) is 88.1 cm³/mol. The molecule has 0 aromatic heterocycles. The molecular weight excluding hydrogens is 314 g/mol. The molecule has 2 N–H and O–H groups in total. The van der Waals surface area contributed by atoms with Gasteiger partial charge in [-0.1, -0.05) is 38.8 Å². The summed E-state index contributed by atoms with van der Waals surface area (Å²) in [4.78, 5) is 6.90. The molecule has 3 rings (SSSR count). The molecule has 1 atom stereocenters. The number of guanidine groups is 1. The fourth-order valence-electron chi connectivity index (χ4n) is 3.82. The lowest BCUT2D eigenvalue weighted by molar-refractivity contribution is 0.115. The van der Waals surface area contributed by atoms with Crippen molar-refractivity contribution in [3.8, 4) is 0 Å². The standard InChI is InChI=1S/C16H22BrN3/c1-15(2)9-5-6-10-16(15)11-19-14(18)20(16)13-8-4-3-7-12(13)17/h3-4,7-8H,5-6,9-11H2,1-2H3,(H2,18,19). The Labute approximate surface area is 129 Å². The van der Waals surface area contributed by atoms with E-state index in [9.17, 15) is 0 Å². The second kappa shape index (κ2) is 4.76. The SMILES string of the molecule is CC1(C)CCCCC12CN=C(N)N2c1ccccc1Br. The lowest BCUT2D eigenvalue weighted by Crippen LogP contribution is -2.61. The summed E-state index contributed by atoms with van der Waals surface area (Å²) in [6.07, 6.45) is 4.95. The normalized spacial score (nSPS) is 28.8. The summed E-state index contributed by atoms with van der Waals surface area (Å²) < 4.78 is 1.08. The van der Waals surface area contributed by atoms with Crippen molar-refractivity contribution in [1.82, 2.24) is 0 Å². The van der Waals surface area contributed by atoms with Crippen LogP contribution < -0.4 is 10.6 Å². The van der Waals surface area contributed by atoms with Crippen molar-refractivity contribution < 1.29 is 0 Å². The molecule has 1 saturated carbocycles. The predicted octanol–water partition coefficient (Wildman–Crippen LogP) is 3.92. The number of halogens is 1. The van der Waals surface area contributed by atoms with E-state index >= 15 is 0 Å². The molecule has 108 valence electrons. The smallest absolute Gasteiger partial charge is 0.196 e. The zero-order valence-electron chi connectivity index (χ0n) is 12.2. The maximum absolute atomic E-state index is 6.26. The summed E-state index contributed by atoms with van der Waals surface area (Å²) in [7, 11) is 0. The van der Waals surface area contributed by atoms with Crippen molar-refractivity contribution in [1.29, 1.82) is 0 Å². The number of hydrogen-bond donors (Lipinski definition) is 1. The summed E-state index contributed by atoms with van der Waals surface area (Å²) in [5, 5.41) is 0. The average Bonchev–Trinajstić information content (AvgIpc) is 2.73. The minimum absolute atomic E-state index is 0.0270. The van der Waals surface area contributed by atoms with Gasteiger partial charge in [0.1, 0.15) is 0 Å². The molecule has 1 unspecified atom stereocenters. The first-order valence-corrected chi connectivity index (χ1v) is 8.12. The number of rotatable bonds is 1. The fourth-order valence-corrected chi connectivity index (χ4v) is 4.28. The van der Waals surface area contributed by atoms with Gasteiger partial charge in [-0.05, 0) is 46.3 Å². The van der Waals surface area contributed by atoms with Crippen LogP contribution in [0.3, 0.4) is 0 Å². The van der Waals surface area contributed by atoms with Crippen LogP contribution in [0.5, 0.6) is 0 Å². The van der Waals surface area contributed by atoms with E-state index in [0.29, 0.717) is 5.96 Å². The van der Waals surface area contributed by atoms with Crippen LogP contribution in [0, 0.1) is 5.41 Å². The molecule has 0 radical (unpaired) electrons. The maximum atomic E-state index is 6.26. The molecule has 0 amide bonds. The van der Waals surface area contributed by atoms with Gasteiger partial charge >= 0.3 is 0 Å². The highest BCUT2D eigenvalue weighted by Crippen LogP contribution is 2.51. The van der Waals surface area contributed by atoms with Gasteiger partial charge in [-0.2, -0.15) is 0 Å². The largest absolute Gasteiger partial charge is 0.369 e. The highest BCUT2D eigenvalue weighted by molar-refractivity contribution is 9.10. The first-order valence-electron chi connectivity index (χ1n) is 7.33. The van der Waals surface area contributed by atoms with Crippen molar-refractivity contribution in [2.75, 3.05) is 11.4 Å². The van der Waals surface area contributed by atoms with Gasteiger partial charge in [0.05, 0.1) is 17.8 Å². The lowest BCUT2D eigenvalue weighted by Gasteiger charge is -2.53. The molecule has 1 heterocycles. The Morgan fingerprint density at radius 3 is 2.60 bits per heavy atom. The van der Waals surface area contributed by atoms with Crippen LogP contribution >= 0.6 is 15.9 Å². The average molecular weight is 336 g/mol. The number of benzene rings is 1. The van der Waals surface area contributed by atoms with E-state index in [1.165, 1.54) is 19.3 Å². The quantitative estimate of drug-likeness (QED) is 0.844. The number of nitrogens with two attached hydrogens (primary N) is 1. The zero-order chi connectivity index (χ0) is 14.4. The Hall–Kier alpha value is -1.03. The van der Waals surface area contributed by atoms with E-state index in [0.717, 1.165) is 23.1 Å². The summed E-state index contributed by atoms with van der Waals surface area (Å²) in [6.45, 7) is 5.54. The molecule has 1 aromatic rings. The monoisotopic (exact) mass is 335 g/mol. The van der Waals surface area contributed by atoms with Gasteiger partial charge in [0.15, 0.2) is 5.96 Å². The van der Waals surface area contributed by atoms with Crippen molar-refractivity contribution in [2.45, 2.75) is 45.1 Å². The number of para-hydroxylation sites is 1. The van der Waals surface area contributed by atoms with Gasteiger partial charge in [0.2, 0.25) is 0 Å².